The van der Waals surface area contributed by atoms with Gasteiger partial charge in [0.05, 0.1) is 16.2 Å². The second-order valence-electron chi connectivity index (χ2n) is 9.69. The number of hydrogen-bond donors (Lipinski definition) is 0. The van der Waals surface area contributed by atoms with Crippen molar-refractivity contribution in [1.29, 1.82) is 0 Å². The fourth-order valence-electron chi connectivity index (χ4n) is 3.85. The second-order valence-corrected chi connectivity index (χ2v) is 12.9. The molecular weight excluding hydrogens is 544 g/mol. The largest absolute Gasteiger partial charge is 0.437 e. The van der Waals surface area contributed by atoms with E-state index in [2.05, 4.69) is 56.9 Å². The molecule has 2 aromatic heterocycles. The van der Waals surface area contributed by atoms with Crippen molar-refractivity contribution in [2.24, 2.45) is 5.41 Å². The van der Waals surface area contributed by atoms with Crippen LogP contribution in [0.25, 0.3) is 11.0 Å². The molecule has 1 aliphatic rings. The average molecular weight is 572 g/mol. The summed E-state index contributed by atoms with van der Waals surface area (Å²) >= 11 is 9.80. The monoisotopic (exact) mass is 570 g/mol. The quantitative estimate of drug-likeness (QED) is 0.410. The number of sulfonamides is 1. The predicted octanol–water partition coefficient (Wildman–Crippen LogP) is 4.16. The maximum atomic E-state index is 11.8. The Kier molecular flexibility index (Phi) is 7.21. The van der Waals surface area contributed by atoms with Crippen LogP contribution in [0, 0.1) is 5.41 Å². The van der Waals surface area contributed by atoms with Gasteiger partial charge in [-0.2, -0.15) is 4.31 Å². The van der Waals surface area contributed by atoms with Gasteiger partial charge in [0.25, 0.3) is 0 Å². The number of hydrogen-bond acceptors (Lipinski definition) is 7. The number of aromatic nitrogens is 4. The van der Waals surface area contributed by atoms with Gasteiger partial charge in [-0.1, -0.05) is 37.6 Å². The van der Waals surface area contributed by atoms with E-state index in [1.54, 1.807) is 6.07 Å². The molecular formula is C22H28BrClN6O3S. The Balaban J connectivity index is 1.55. The number of rotatable bonds is 6. The summed E-state index contributed by atoms with van der Waals surface area (Å²) in [5.74, 6) is 0.966. The third kappa shape index (κ3) is 5.88. The molecule has 0 atom stereocenters. The minimum atomic E-state index is -3.17. The molecule has 3 aromatic rings. The molecule has 34 heavy (non-hydrogen) atoms. The molecule has 0 amide bonds. The summed E-state index contributed by atoms with van der Waals surface area (Å²) in [7, 11) is -3.17. The molecule has 0 radical (unpaired) electrons. The van der Waals surface area contributed by atoms with Gasteiger partial charge in [0, 0.05) is 44.8 Å². The zero-order valence-corrected chi connectivity index (χ0v) is 22.8. The van der Waals surface area contributed by atoms with Gasteiger partial charge in [0.2, 0.25) is 15.9 Å². The average Bonchev–Trinajstić information content (AvgIpc) is 3.13. The van der Waals surface area contributed by atoms with Crippen molar-refractivity contribution in [3.63, 3.8) is 0 Å². The smallest absolute Gasteiger partial charge is 0.225 e. The Morgan fingerprint density at radius 1 is 1.12 bits per heavy atom. The van der Waals surface area contributed by atoms with Gasteiger partial charge in [0.1, 0.15) is 16.4 Å². The summed E-state index contributed by atoms with van der Waals surface area (Å²) in [6.45, 7) is 9.94. The molecule has 1 fully saturated rings. The number of fused-ring (bicyclic) bond motifs is 1. The zero-order chi connectivity index (χ0) is 24.7. The van der Waals surface area contributed by atoms with Gasteiger partial charge in [-0.25, -0.2) is 18.1 Å². The Morgan fingerprint density at radius 3 is 2.47 bits per heavy atom. The van der Waals surface area contributed by atoms with Crippen LogP contribution < -0.4 is 4.74 Å². The molecule has 0 aliphatic carbocycles. The number of halogens is 2. The summed E-state index contributed by atoms with van der Waals surface area (Å²) in [6, 6.07) is 7.43. The Bertz CT molecular complexity index is 1300. The van der Waals surface area contributed by atoms with E-state index in [1.807, 2.05) is 22.9 Å². The number of pyridine rings is 1. The molecule has 1 aliphatic heterocycles. The van der Waals surface area contributed by atoms with Crippen LogP contribution in [0.5, 0.6) is 11.6 Å². The third-order valence-electron chi connectivity index (χ3n) is 5.52. The first-order valence-electron chi connectivity index (χ1n) is 10.9. The SMILES string of the molecule is CC(C)(C)Cn1nnc2c(Br)c(Oc3nc(Cl)ccc3CN3CCN(S(C)(=O)=O)CC3)ccc21. The first-order valence-corrected chi connectivity index (χ1v) is 13.9. The molecule has 1 aromatic carbocycles. The van der Waals surface area contributed by atoms with Crippen molar-refractivity contribution in [3.8, 4) is 11.6 Å². The maximum absolute atomic E-state index is 11.8. The van der Waals surface area contributed by atoms with Gasteiger partial charge in [-0.15, -0.1) is 5.10 Å². The van der Waals surface area contributed by atoms with E-state index in [4.69, 9.17) is 16.3 Å². The van der Waals surface area contributed by atoms with E-state index in [0.717, 1.165) is 17.6 Å². The number of piperazine rings is 1. The fraction of sp³-hybridized carbons (Fsp3) is 0.500. The number of benzene rings is 1. The van der Waals surface area contributed by atoms with E-state index in [0.29, 0.717) is 59.5 Å². The zero-order valence-electron chi connectivity index (χ0n) is 19.6. The van der Waals surface area contributed by atoms with Gasteiger partial charge in [-0.05, 0) is 45.6 Å². The minimum Gasteiger partial charge on any atom is -0.437 e. The van der Waals surface area contributed by atoms with Crippen LogP contribution in [-0.2, 0) is 23.1 Å². The van der Waals surface area contributed by atoms with E-state index in [-0.39, 0.29) is 5.41 Å². The maximum Gasteiger partial charge on any atom is 0.225 e. The number of nitrogens with zero attached hydrogens (tertiary/aromatic N) is 6. The molecule has 9 nitrogen and oxygen atoms in total. The van der Waals surface area contributed by atoms with Crippen LogP contribution in [0.3, 0.4) is 0 Å². The van der Waals surface area contributed by atoms with Crippen molar-refractivity contribution in [3.05, 3.63) is 39.5 Å². The number of ether oxygens (including phenoxy) is 1. The van der Waals surface area contributed by atoms with Crippen molar-refractivity contribution in [1.82, 2.24) is 29.2 Å². The summed E-state index contributed by atoms with van der Waals surface area (Å²) in [5, 5.41) is 8.98. The molecule has 0 N–H and O–H groups in total. The highest BCUT2D eigenvalue weighted by Gasteiger charge is 2.25. The van der Waals surface area contributed by atoms with E-state index < -0.39 is 10.0 Å². The molecule has 1 saturated heterocycles. The Labute approximate surface area is 213 Å². The van der Waals surface area contributed by atoms with Crippen molar-refractivity contribution >= 4 is 48.6 Å². The molecule has 0 unspecified atom stereocenters. The van der Waals surface area contributed by atoms with Gasteiger partial charge in [0.15, 0.2) is 0 Å². The van der Waals surface area contributed by atoms with Crippen molar-refractivity contribution in [2.75, 3.05) is 32.4 Å². The van der Waals surface area contributed by atoms with Crippen LogP contribution in [0.15, 0.2) is 28.7 Å². The lowest BCUT2D eigenvalue weighted by Gasteiger charge is -2.33. The van der Waals surface area contributed by atoms with Crippen molar-refractivity contribution < 1.29 is 13.2 Å². The van der Waals surface area contributed by atoms with E-state index in [9.17, 15) is 8.42 Å². The fourth-order valence-corrected chi connectivity index (χ4v) is 5.31. The first kappa shape index (κ1) is 25.3. The van der Waals surface area contributed by atoms with Crippen LogP contribution in [0.4, 0.5) is 0 Å². The van der Waals surface area contributed by atoms with Crippen LogP contribution >= 0.6 is 27.5 Å². The highest BCUT2D eigenvalue weighted by Crippen LogP contribution is 2.36. The van der Waals surface area contributed by atoms with E-state index >= 15 is 0 Å². The predicted molar refractivity (Wildman–Crippen MR) is 136 cm³/mol. The molecule has 4 rings (SSSR count). The topological polar surface area (TPSA) is 93.4 Å². The molecule has 184 valence electrons. The first-order chi connectivity index (χ1) is 15.9. The van der Waals surface area contributed by atoms with Gasteiger partial charge in [-0.3, -0.25) is 4.90 Å². The summed E-state index contributed by atoms with van der Waals surface area (Å²) < 4.78 is 33.9. The molecule has 12 heteroatoms. The molecule has 3 heterocycles. The molecule has 0 spiro atoms. The van der Waals surface area contributed by atoms with Crippen LogP contribution in [-0.4, -0.2) is 70.0 Å². The third-order valence-corrected chi connectivity index (χ3v) is 7.80. The molecule has 0 bridgehead atoms. The van der Waals surface area contributed by atoms with Crippen LogP contribution in [0.1, 0.15) is 26.3 Å². The lowest BCUT2D eigenvalue weighted by molar-refractivity contribution is 0.180. The molecule has 0 saturated carbocycles. The Morgan fingerprint density at radius 2 is 1.82 bits per heavy atom. The summed E-state index contributed by atoms with van der Waals surface area (Å²) in [5.41, 5.74) is 2.55. The van der Waals surface area contributed by atoms with Gasteiger partial charge >= 0.3 is 0 Å². The van der Waals surface area contributed by atoms with Crippen molar-refractivity contribution in [2.45, 2.75) is 33.9 Å². The summed E-state index contributed by atoms with van der Waals surface area (Å²) in [4.78, 5) is 6.59. The second kappa shape index (κ2) is 9.69. The van der Waals surface area contributed by atoms with E-state index in [1.165, 1.54) is 10.6 Å². The normalized spacial score (nSPS) is 16.3. The highest BCUT2D eigenvalue weighted by atomic mass is 79.9. The lowest BCUT2D eigenvalue weighted by Crippen LogP contribution is -2.47. The van der Waals surface area contributed by atoms with Crippen LogP contribution in [0.2, 0.25) is 5.15 Å². The summed E-state index contributed by atoms with van der Waals surface area (Å²) in [6.07, 6.45) is 1.24. The highest BCUT2D eigenvalue weighted by molar-refractivity contribution is 9.10. The standard InChI is InChI=1S/C22H28BrClN6O3S/c1-22(2,3)14-30-16-6-7-17(19(23)20(16)26-27-30)33-21-15(5-8-18(24)25-21)13-28-9-11-29(12-10-28)34(4,31)32/h5-8H,9-14H2,1-4H3. The minimum absolute atomic E-state index is 0.0642. The van der Waals surface area contributed by atoms with Gasteiger partial charge < -0.3 is 4.74 Å². The Hall–Kier alpha value is -1.79. The lowest BCUT2D eigenvalue weighted by atomic mass is 9.97.